The molecule has 0 fully saturated rings. The van der Waals surface area contributed by atoms with Gasteiger partial charge in [-0.2, -0.15) is 0 Å². The average molecular weight is 173 g/mol. The normalized spacial score (nSPS) is 15.2. The van der Waals surface area contributed by atoms with E-state index >= 15 is 0 Å². The van der Waals surface area contributed by atoms with E-state index < -0.39 is 17.3 Å². The standard InChI is InChI=1S/C7H15N3O2/c1-2-3-4-7(10,5(8)9)6(11)12/h2-4,10H2,1H3,(H3,8,9)(H,11,12)/t7-/m0/s1. The number of hydrogen-bond donors (Lipinski definition) is 4. The molecule has 0 saturated heterocycles. The van der Waals surface area contributed by atoms with Gasteiger partial charge in [-0.15, -0.1) is 0 Å². The van der Waals surface area contributed by atoms with Gasteiger partial charge in [0.15, 0.2) is 5.54 Å². The Morgan fingerprint density at radius 1 is 1.67 bits per heavy atom. The number of carboxylic acids is 1. The molecular weight excluding hydrogens is 158 g/mol. The summed E-state index contributed by atoms with van der Waals surface area (Å²) in [5.74, 6) is -1.72. The van der Waals surface area contributed by atoms with E-state index in [9.17, 15) is 4.79 Å². The van der Waals surface area contributed by atoms with Gasteiger partial charge in [-0.05, 0) is 6.42 Å². The molecule has 0 amide bonds. The van der Waals surface area contributed by atoms with Crippen LogP contribution in [0.3, 0.4) is 0 Å². The molecule has 70 valence electrons. The van der Waals surface area contributed by atoms with Crippen LogP contribution in [0.1, 0.15) is 26.2 Å². The number of aliphatic carboxylic acids is 1. The van der Waals surface area contributed by atoms with Gasteiger partial charge >= 0.3 is 5.97 Å². The smallest absolute Gasteiger partial charge is 0.331 e. The van der Waals surface area contributed by atoms with Gasteiger partial charge in [0.25, 0.3) is 0 Å². The van der Waals surface area contributed by atoms with E-state index in [2.05, 4.69) is 0 Å². The van der Waals surface area contributed by atoms with Crippen LogP contribution >= 0.6 is 0 Å². The molecule has 5 nitrogen and oxygen atoms in total. The highest BCUT2D eigenvalue weighted by molar-refractivity contribution is 6.06. The third-order valence-corrected chi connectivity index (χ3v) is 1.79. The summed E-state index contributed by atoms with van der Waals surface area (Å²) in [5, 5.41) is 15.7. The molecule has 0 aromatic rings. The Morgan fingerprint density at radius 2 is 2.17 bits per heavy atom. The molecule has 0 aromatic carbocycles. The molecule has 12 heavy (non-hydrogen) atoms. The fourth-order valence-corrected chi connectivity index (χ4v) is 0.812. The van der Waals surface area contributed by atoms with Crippen LogP contribution in [0.2, 0.25) is 0 Å². The van der Waals surface area contributed by atoms with Crippen molar-refractivity contribution >= 4 is 11.8 Å². The molecule has 0 spiro atoms. The van der Waals surface area contributed by atoms with Crippen molar-refractivity contribution in [1.82, 2.24) is 0 Å². The van der Waals surface area contributed by atoms with E-state index in [0.717, 1.165) is 6.42 Å². The third-order valence-electron chi connectivity index (χ3n) is 1.79. The molecule has 0 bridgehead atoms. The molecule has 0 saturated carbocycles. The number of nitrogens with one attached hydrogen (secondary N) is 1. The van der Waals surface area contributed by atoms with Crippen molar-refractivity contribution in [2.75, 3.05) is 0 Å². The summed E-state index contributed by atoms with van der Waals surface area (Å²) in [4.78, 5) is 10.6. The average Bonchev–Trinajstić information content (AvgIpc) is 1.99. The highest BCUT2D eigenvalue weighted by Gasteiger charge is 2.36. The minimum atomic E-state index is -1.67. The van der Waals surface area contributed by atoms with Gasteiger partial charge in [-0.3, -0.25) is 5.41 Å². The first kappa shape index (κ1) is 10.9. The number of carboxylic acid groups (broad SMARTS) is 1. The molecule has 0 unspecified atom stereocenters. The largest absolute Gasteiger partial charge is 0.480 e. The first-order valence-electron chi connectivity index (χ1n) is 3.82. The maximum Gasteiger partial charge on any atom is 0.331 e. The Kier molecular flexibility index (Phi) is 3.69. The molecule has 0 aromatic heterocycles. The number of nitrogens with two attached hydrogens (primary N) is 2. The van der Waals surface area contributed by atoms with E-state index in [1.807, 2.05) is 6.92 Å². The summed E-state index contributed by atoms with van der Waals surface area (Å²) in [6, 6.07) is 0. The van der Waals surface area contributed by atoms with E-state index in [-0.39, 0.29) is 6.42 Å². The molecule has 0 aliphatic rings. The van der Waals surface area contributed by atoms with Gasteiger partial charge < -0.3 is 16.6 Å². The van der Waals surface area contributed by atoms with Crippen LogP contribution < -0.4 is 11.5 Å². The van der Waals surface area contributed by atoms with E-state index in [0.29, 0.717) is 6.42 Å². The molecule has 0 radical (unpaired) electrons. The van der Waals surface area contributed by atoms with Gasteiger partial charge in [0.1, 0.15) is 5.84 Å². The summed E-state index contributed by atoms with van der Waals surface area (Å²) in [6.07, 6.45) is 1.70. The zero-order valence-electron chi connectivity index (χ0n) is 7.13. The maximum atomic E-state index is 10.6. The molecule has 0 aliphatic heterocycles. The zero-order chi connectivity index (χ0) is 9.78. The second kappa shape index (κ2) is 4.06. The van der Waals surface area contributed by atoms with Crippen LogP contribution in [0.5, 0.6) is 0 Å². The fourth-order valence-electron chi connectivity index (χ4n) is 0.812. The Morgan fingerprint density at radius 3 is 2.42 bits per heavy atom. The van der Waals surface area contributed by atoms with Crippen LogP contribution in [-0.4, -0.2) is 22.5 Å². The molecular formula is C7H15N3O2. The lowest BCUT2D eigenvalue weighted by molar-refractivity contribution is -0.140. The van der Waals surface area contributed by atoms with Crippen molar-refractivity contribution in [1.29, 1.82) is 5.41 Å². The van der Waals surface area contributed by atoms with Crippen molar-refractivity contribution in [2.24, 2.45) is 11.5 Å². The second-order valence-corrected chi connectivity index (χ2v) is 2.79. The number of rotatable bonds is 5. The minimum absolute atomic E-state index is 0.216. The van der Waals surface area contributed by atoms with Crippen molar-refractivity contribution < 1.29 is 9.90 Å². The summed E-state index contributed by atoms with van der Waals surface area (Å²) in [5.41, 5.74) is 8.84. The summed E-state index contributed by atoms with van der Waals surface area (Å²) in [6.45, 7) is 1.92. The van der Waals surface area contributed by atoms with E-state index in [1.54, 1.807) is 0 Å². The van der Waals surface area contributed by atoms with E-state index in [1.165, 1.54) is 0 Å². The predicted octanol–water partition coefficient (Wildman–Crippen LogP) is -0.105. The first-order chi connectivity index (χ1) is 5.45. The molecule has 5 heteroatoms. The number of hydrogen-bond acceptors (Lipinski definition) is 3. The molecule has 0 aliphatic carbocycles. The van der Waals surface area contributed by atoms with Gasteiger partial charge in [0, 0.05) is 0 Å². The predicted molar refractivity (Wildman–Crippen MR) is 46.0 cm³/mol. The Balaban J connectivity index is 4.40. The van der Waals surface area contributed by atoms with Gasteiger partial charge in [-0.1, -0.05) is 19.8 Å². The van der Waals surface area contributed by atoms with E-state index in [4.69, 9.17) is 22.0 Å². The SMILES string of the molecule is CCCC[C@](N)(C(=N)N)C(=O)O. The van der Waals surface area contributed by atoms with Crippen molar-refractivity contribution in [2.45, 2.75) is 31.7 Å². The second-order valence-electron chi connectivity index (χ2n) is 2.79. The summed E-state index contributed by atoms with van der Waals surface area (Å²) < 4.78 is 0. The lowest BCUT2D eigenvalue weighted by atomic mass is 9.93. The molecule has 0 heterocycles. The maximum absolute atomic E-state index is 10.6. The van der Waals surface area contributed by atoms with Crippen LogP contribution in [0.25, 0.3) is 0 Å². The fraction of sp³-hybridized carbons (Fsp3) is 0.714. The monoisotopic (exact) mass is 173 g/mol. The van der Waals surface area contributed by atoms with Gasteiger partial charge in [0.2, 0.25) is 0 Å². The van der Waals surface area contributed by atoms with Crippen LogP contribution in [-0.2, 0) is 4.79 Å². The third kappa shape index (κ3) is 2.20. The Bertz CT molecular complexity index is 177. The van der Waals surface area contributed by atoms with Crippen LogP contribution in [0.4, 0.5) is 0 Å². The number of carbonyl (C=O) groups is 1. The lowest BCUT2D eigenvalue weighted by Crippen LogP contribution is -2.57. The van der Waals surface area contributed by atoms with Crippen molar-refractivity contribution in [3.8, 4) is 0 Å². The quantitative estimate of drug-likeness (QED) is 0.343. The van der Waals surface area contributed by atoms with Crippen LogP contribution in [0.15, 0.2) is 0 Å². The minimum Gasteiger partial charge on any atom is -0.480 e. The number of amidine groups is 1. The summed E-state index contributed by atoms with van der Waals surface area (Å²) >= 11 is 0. The highest BCUT2D eigenvalue weighted by atomic mass is 16.4. The highest BCUT2D eigenvalue weighted by Crippen LogP contribution is 2.11. The summed E-state index contributed by atoms with van der Waals surface area (Å²) in [7, 11) is 0. The Hall–Kier alpha value is -1.10. The Labute approximate surface area is 71.2 Å². The molecule has 6 N–H and O–H groups in total. The van der Waals surface area contributed by atoms with Gasteiger partial charge in [-0.25, -0.2) is 4.79 Å². The van der Waals surface area contributed by atoms with Crippen LogP contribution in [0, 0.1) is 5.41 Å². The molecule has 0 rings (SSSR count). The van der Waals surface area contributed by atoms with Crippen molar-refractivity contribution in [3.63, 3.8) is 0 Å². The first-order valence-corrected chi connectivity index (χ1v) is 3.82. The van der Waals surface area contributed by atoms with Crippen molar-refractivity contribution in [3.05, 3.63) is 0 Å². The van der Waals surface area contributed by atoms with Gasteiger partial charge in [0.05, 0.1) is 0 Å². The topological polar surface area (TPSA) is 113 Å². The lowest BCUT2D eigenvalue weighted by Gasteiger charge is -2.22. The zero-order valence-corrected chi connectivity index (χ0v) is 7.13. The number of unbranched alkanes of at least 4 members (excludes halogenated alkanes) is 1. The molecule has 1 atom stereocenters.